The van der Waals surface area contributed by atoms with Crippen molar-refractivity contribution in [1.82, 2.24) is 9.78 Å². The fourth-order valence-electron chi connectivity index (χ4n) is 2.17. The van der Waals surface area contributed by atoms with E-state index in [2.05, 4.69) is 21.0 Å². The molecule has 0 spiro atoms. The minimum Gasteiger partial charge on any atom is -0.497 e. The summed E-state index contributed by atoms with van der Waals surface area (Å²) in [5.74, 6) is 0.830. The number of nitrogens with zero attached hydrogens (tertiary/aromatic N) is 2. The summed E-state index contributed by atoms with van der Waals surface area (Å²) in [6.45, 7) is 4.50. The summed E-state index contributed by atoms with van der Waals surface area (Å²) in [5, 5.41) is 4.56. The van der Waals surface area contributed by atoms with Crippen molar-refractivity contribution in [3.63, 3.8) is 0 Å². The average Bonchev–Trinajstić information content (AvgIpc) is 2.68. The molecule has 2 aromatic rings. The van der Waals surface area contributed by atoms with E-state index in [9.17, 15) is 0 Å². The molecule has 1 heterocycles. The highest BCUT2D eigenvalue weighted by Crippen LogP contribution is 2.27. The second-order valence-corrected chi connectivity index (χ2v) is 5.25. The van der Waals surface area contributed by atoms with Gasteiger partial charge in [0.15, 0.2) is 0 Å². The summed E-state index contributed by atoms with van der Waals surface area (Å²) in [6.07, 6.45) is 0. The number of aromatic nitrogens is 2. The Morgan fingerprint density at radius 3 is 2.68 bits per heavy atom. The van der Waals surface area contributed by atoms with Crippen LogP contribution in [0.1, 0.15) is 23.0 Å². The van der Waals surface area contributed by atoms with Gasteiger partial charge in [0.05, 0.1) is 29.0 Å². The van der Waals surface area contributed by atoms with Crippen LogP contribution >= 0.6 is 15.9 Å². The van der Waals surface area contributed by atoms with E-state index >= 15 is 0 Å². The van der Waals surface area contributed by atoms with E-state index in [0.717, 1.165) is 27.2 Å². The third kappa shape index (κ3) is 2.67. The van der Waals surface area contributed by atoms with E-state index in [0.29, 0.717) is 6.54 Å². The molecule has 0 aliphatic heterocycles. The molecule has 1 aromatic carbocycles. The number of rotatable bonds is 4. The van der Waals surface area contributed by atoms with Crippen molar-refractivity contribution >= 4 is 15.9 Å². The van der Waals surface area contributed by atoms with Crippen molar-refractivity contribution in [2.45, 2.75) is 19.9 Å². The van der Waals surface area contributed by atoms with Crippen LogP contribution in [0.25, 0.3) is 0 Å². The van der Waals surface area contributed by atoms with Crippen LogP contribution in [0, 0.1) is 13.8 Å². The number of benzene rings is 1. The number of hydrogen-bond donors (Lipinski definition) is 1. The molecule has 0 bridgehead atoms. The number of ether oxygens (including phenoxy) is 1. The first kappa shape index (κ1) is 14.1. The van der Waals surface area contributed by atoms with E-state index in [1.165, 1.54) is 0 Å². The Hall–Kier alpha value is -1.33. The largest absolute Gasteiger partial charge is 0.497 e. The molecule has 1 aromatic heterocycles. The lowest BCUT2D eigenvalue weighted by molar-refractivity contribution is 0.412. The Labute approximate surface area is 121 Å². The second kappa shape index (κ2) is 5.75. The number of methoxy groups -OCH3 is 1. The highest BCUT2D eigenvalue weighted by molar-refractivity contribution is 9.10. The Balaban J connectivity index is 2.46. The van der Waals surface area contributed by atoms with Crippen LogP contribution in [-0.4, -0.2) is 23.4 Å². The molecular weight excluding hydrogens is 306 g/mol. The van der Waals surface area contributed by atoms with Gasteiger partial charge in [0.25, 0.3) is 0 Å². The van der Waals surface area contributed by atoms with Gasteiger partial charge in [0, 0.05) is 6.54 Å². The second-order valence-electron chi connectivity index (χ2n) is 4.46. The Bertz CT molecular complexity index is 580. The zero-order valence-corrected chi connectivity index (χ0v) is 12.9. The number of hydrogen-bond acceptors (Lipinski definition) is 3. The molecule has 2 N–H and O–H groups in total. The van der Waals surface area contributed by atoms with Crippen molar-refractivity contribution < 1.29 is 4.74 Å². The third-order valence-corrected chi connectivity index (χ3v) is 4.38. The number of nitrogens with two attached hydrogens (primary N) is 1. The van der Waals surface area contributed by atoms with Crippen LogP contribution in [0.2, 0.25) is 0 Å². The van der Waals surface area contributed by atoms with Gasteiger partial charge in [-0.05, 0) is 47.5 Å². The molecule has 0 saturated heterocycles. The van der Waals surface area contributed by atoms with Crippen LogP contribution in [-0.2, 0) is 0 Å². The van der Waals surface area contributed by atoms with E-state index in [4.69, 9.17) is 10.5 Å². The molecule has 0 radical (unpaired) electrons. The van der Waals surface area contributed by atoms with Gasteiger partial charge in [0.2, 0.25) is 0 Å². The molecule has 2 rings (SSSR count). The van der Waals surface area contributed by atoms with Gasteiger partial charge >= 0.3 is 0 Å². The van der Waals surface area contributed by atoms with Gasteiger partial charge in [0.1, 0.15) is 5.75 Å². The monoisotopic (exact) mass is 323 g/mol. The van der Waals surface area contributed by atoms with Crippen LogP contribution in [0.5, 0.6) is 5.75 Å². The maximum absolute atomic E-state index is 5.94. The molecule has 5 heteroatoms. The maximum Gasteiger partial charge on any atom is 0.119 e. The van der Waals surface area contributed by atoms with Gasteiger partial charge in [-0.25, -0.2) is 0 Å². The van der Waals surface area contributed by atoms with Gasteiger partial charge in [-0.3, -0.25) is 4.68 Å². The highest BCUT2D eigenvalue weighted by Gasteiger charge is 2.18. The molecule has 1 atom stereocenters. The molecule has 0 aliphatic rings. The molecule has 0 saturated carbocycles. The lowest BCUT2D eigenvalue weighted by Gasteiger charge is -2.18. The van der Waals surface area contributed by atoms with Gasteiger partial charge in [-0.2, -0.15) is 5.10 Å². The molecule has 1 unspecified atom stereocenters. The van der Waals surface area contributed by atoms with Crippen molar-refractivity contribution in [3.05, 3.63) is 45.7 Å². The zero-order valence-electron chi connectivity index (χ0n) is 11.4. The first-order valence-corrected chi connectivity index (χ1v) is 6.93. The van der Waals surface area contributed by atoms with Crippen LogP contribution in [0.15, 0.2) is 28.7 Å². The lowest BCUT2D eigenvalue weighted by atomic mass is 10.1. The van der Waals surface area contributed by atoms with Gasteiger partial charge < -0.3 is 10.5 Å². The number of aryl methyl sites for hydroxylation is 1. The molecular formula is C14H18BrN3O. The summed E-state index contributed by atoms with van der Waals surface area (Å²) < 4.78 is 8.27. The minimum absolute atomic E-state index is 0.0140. The molecule has 4 nitrogen and oxygen atoms in total. The van der Waals surface area contributed by atoms with Crippen molar-refractivity contribution in [2.75, 3.05) is 13.7 Å². The first-order chi connectivity index (χ1) is 9.08. The predicted octanol–water partition coefficient (Wildman–Crippen LogP) is 2.82. The fourth-order valence-corrected chi connectivity index (χ4v) is 2.43. The summed E-state index contributed by atoms with van der Waals surface area (Å²) >= 11 is 3.55. The van der Waals surface area contributed by atoms with E-state index in [1.807, 2.05) is 42.8 Å². The van der Waals surface area contributed by atoms with Crippen LogP contribution in [0.3, 0.4) is 0 Å². The van der Waals surface area contributed by atoms with E-state index in [1.54, 1.807) is 7.11 Å². The lowest BCUT2D eigenvalue weighted by Crippen LogP contribution is -2.22. The molecule has 0 fully saturated rings. The smallest absolute Gasteiger partial charge is 0.119 e. The summed E-state index contributed by atoms with van der Waals surface area (Å²) in [7, 11) is 1.66. The van der Waals surface area contributed by atoms with Gasteiger partial charge in [-0.15, -0.1) is 0 Å². The molecule has 102 valence electrons. The van der Waals surface area contributed by atoms with Gasteiger partial charge in [-0.1, -0.05) is 12.1 Å². The fraction of sp³-hybridized carbons (Fsp3) is 0.357. The maximum atomic E-state index is 5.94. The predicted molar refractivity (Wildman–Crippen MR) is 79.6 cm³/mol. The van der Waals surface area contributed by atoms with Crippen molar-refractivity contribution in [3.8, 4) is 5.75 Å². The summed E-state index contributed by atoms with van der Waals surface area (Å²) in [6, 6.07) is 7.96. The highest BCUT2D eigenvalue weighted by atomic mass is 79.9. The quantitative estimate of drug-likeness (QED) is 0.941. The Kier molecular flexibility index (Phi) is 4.27. The van der Waals surface area contributed by atoms with Crippen molar-refractivity contribution in [1.29, 1.82) is 0 Å². The standard InChI is InChI=1S/C14H18BrN3O/c1-9-14(15)10(2)18(17-9)13(8-16)11-5-4-6-12(7-11)19-3/h4-7,13H,8,16H2,1-3H3. The van der Waals surface area contributed by atoms with Crippen LogP contribution < -0.4 is 10.5 Å². The summed E-state index contributed by atoms with van der Waals surface area (Å²) in [5.41, 5.74) is 9.09. The Morgan fingerprint density at radius 2 is 2.16 bits per heavy atom. The van der Waals surface area contributed by atoms with Crippen LogP contribution in [0.4, 0.5) is 0 Å². The average molecular weight is 324 g/mol. The number of halogens is 1. The first-order valence-electron chi connectivity index (χ1n) is 6.13. The third-order valence-electron chi connectivity index (χ3n) is 3.23. The molecule has 0 aliphatic carbocycles. The normalized spacial score (nSPS) is 12.5. The Morgan fingerprint density at radius 1 is 1.42 bits per heavy atom. The zero-order chi connectivity index (χ0) is 14.0. The van der Waals surface area contributed by atoms with Crippen molar-refractivity contribution in [2.24, 2.45) is 5.73 Å². The van der Waals surface area contributed by atoms with E-state index in [-0.39, 0.29) is 6.04 Å². The summed E-state index contributed by atoms with van der Waals surface area (Å²) in [4.78, 5) is 0. The van der Waals surface area contributed by atoms with E-state index < -0.39 is 0 Å². The topological polar surface area (TPSA) is 53.1 Å². The minimum atomic E-state index is 0.0140. The molecule has 0 amide bonds. The molecule has 19 heavy (non-hydrogen) atoms. The SMILES string of the molecule is COc1cccc(C(CN)n2nc(C)c(Br)c2C)c1.